The van der Waals surface area contributed by atoms with Gasteiger partial charge in [-0.15, -0.1) is 0 Å². The van der Waals surface area contributed by atoms with Crippen molar-refractivity contribution in [2.24, 2.45) is 0 Å². The number of nitrogens with zero attached hydrogens (tertiary/aromatic N) is 1. The van der Waals surface area contributed by atoms with Crippen molar-refractivity contribution < 1.29 is 43.1 Å². The highest BCUT2D eigenvalue weighted by molar-refractivity contribution is 5.73. The van der Waals surface area contributed by atoms with Gasteiger partial charge >= 0.3 is 11.9 Å². The number of carbonyl (C=O) groups excluding carboxylic acids is 1. The first-order chi connectivity index (χ1) is 19.4. The van der Waals surface area contributed by atoms with E-state index in [1.54, 1.807) is 19.1 Å². The predicted octanol–water partition coefficient (Wildman–Crippen LogP) is 4.34. The number of esters is 1. The van der Waals surface area contributed by atoms with Gasteiger partial charge in [0.2, 0.25) is 6.79 Å². The lowest BCUT2D eigenvalue weighted by Gasteiger charge is -2.31. The molecule has 0 radical (unpaired) electrons. The second-order valence-electron chi connectivity index (χ2n) is 9.21. The second-order valence-corrected chi connectivity index (χ2v) is 9.21. The van der Waals surface area contributed by atoms with Crippen molar-refractivity contribution >= 4 is 11.9 Å². The van der Waals surface area contributed by atoms with Crippen LogP contribution < -0.4 is 23.7 Å². The minimum absolute atomic E-state index is 0.0410. The molecule has 2 heterocycles. The SMILES string of the molecule is CCOC(=O)CN1[C@H](c2ccc(OC)cc2OCC(=O)O)c2cc(OCC)ccc2[C@H]1c1ccc2c(c1)OCO2. The zero-order valence-electron chi connectivity index (χ0n) is 22.5. The molecule has 0 unspecified atom stereocenters. The summed E-state index contributed by atoms with van der Waals surface area (Å²) in [4.78, 5) is 26.4. The molecule has 2 aliphatic rings. The van der Waals surface area contributed by atoms with Gasteiger partial charge in [0.1, 0.15) is 17.2 Å². The van der Waals surface area contributed by atoms with E-state index in [2.05, 4.69) is 0 Å². The molecular formula is C30H31NO9. The molecule has 40 heavy (non-hydrogen) atoms. The van der Waals surface area contributed by atoms with Gasteiger partial charge in [-0.3, -0.25) is 9.69 Å². The molecule has 210 valence electrons. The van der Waals surface area contributed by atoms with Crippen LogP contribution in [0.2, 0.25) is 0 Å². The van der Waals surface area contributed by atoms with Crippen LogP contribution in [0.3, 0.4) is 0 Å². The Morgan fingerprint density at radius 2 is 1.65 bits per heavy atom. The molecule has 2 aliphatic heterocycles. The number of benzene rings is 3. The highest BCUT2D eigenvalue weighted by atomic mass is 16.7. The predicted molar refractivity (Wildman–Crippen MR) is 143 cm³/mol. The summed E-state index contributed by atoms with van der Waals surface area (Å²) >= 11 is 0. The van der Waals surface area contributed by atoms with Crippen LogP contribution in [0.4, 0.5) is 0 Å². The van der Waals surface area contributed by atoms with E-state index < -0.39 is 24.6 Å². The van der Waals surface area contributed by atoms with Crippen LogP contribution in [0.1, 0.15) is 48.2 Å². The average Bonchev–Trinajstić information content (AvgIpc) is 3.53. The van der Waals surface area contributed by atoms with Crippen LogP contribution >= 0.6 is 0 Å². The van der Waals surface area contributed by atoms with E-state index in [9.17, 15) is 14.7 Å². The quantitative estimate of drug-likeness (QED) is 0.347. The Morgan fingerprint density at radius 3 is 2.40 bits per heavy atom. The van der Waals surface area contributed by atoms with Crippen LogP contribution in [0.25, 0.3) is 0 Å². The Bertz CT molecular complexity index is 1410. The first-order valence-electron chi connectivity index (χ1n) is 13.0. The number of carboxylic acid groups (broad SMARTS) is 1. The van der Waals surface area contributed by atoms with Crippen molar-refractivity contribution in [3.8, 4) is 28.7 Å². The Hall–Kier alpha value is -4.44. The van der Waals surface area contributed by atoms with Gasteiger partial charge in [-0.1, -0.05) is 12.1 Å². The number of methoxy groups -OCH3 is 1. The minimum Gasteiger partial charge on any atom is -0.497 e. The summed E-state index contributed by atoms with van der Waals surface area (Å²) in [5.74, 6) is 1.30. The number of hydrogen-bond acceptors (Lipinski definition) is 9. The van der Waals surface area contributed by atoms with Gasteiger partial charge in [0.25, 0.3) is 0 Å². The number of ether oxygens (including phenoxy) is 6. The van der Waals surface area contributed by atoms with Crippen molar-refractivity contribution in [2.45, 2.75) is 25.9 Å². The molecule has 1 N–H and O–H groups in total. The zero-order chi connectivity index (χ0) is 28.2. The molecule has 0 bridgehead atoms. The molecule has 0 saturated heterocycles. The number of rotatable bonds is 11. The van der Waals surface area contributed by atoms with Crippen LogP contribution in [-0.2, 0) is 14.3 Å². The molecule has 2 atom stereocenters. The van der Waals surface area contributed by atoms with Gasteiger partial charge in [-0.05, 0) is 66.9 Å². The molecular weight excluding hydrogens is 518 g/mol. The average molecular weight is 550 g/mol. The Kier molecular flexibility index (Phi) is 7.97. The highest BCUT2D eigenvalue weighted by Gasteiger charge is 2.43. The molecule has 0 fully saturated rings. The minimum atomic E-state index is -1.11. The van der Waals surface area contributed by atoms with Crippen LogP contribution in [0.5, 0.6) is 28.7 Å². The molecule has 3 aromatic rings. The number of fused-ring (bicyclic) bond motifs is 2. The molecule has 5 rings (SSSR count). The lowest BCUT2D eigenvalue weighted by Crippen LogP contribution is -2.34. The summed E-state index contributed by atoms with van der Waals surface area (Å²) in [6.45, 7) is 3.96. The van der Waals surface area contributed by atoms with Gasteiger partial charge in [0.05, 0.1) is 39.0 Å². The topological polar surface area (TPSA) is 113 Å². The van der Waals surface area contributed by atoms with Gasteiger partial charge in [-0.2, -0.15) is 0 Å². The van der Waals surface area contributed by atoms with Crippen molar-refractivity contribution in [1.29, 1.82) is 0 Å². The van der Waals surface area contributed by atoms with E-state index in [-0.39, 0.29) is 26.0 Å². The molecule has 10 heteroatoms. The normalized spacial score (nSPS) is 17.3. The maximum Gasteiger partial charge on any atom is 0.341 e. The summed E-state index contributed by atoms with van der Waals surface area (Å²) in [6, 6.07) is 16.0. The Morgan fingerprint density at radius 1 is 0.875 bits per heavy atom. The summed E-state index contributed by atoms with van der Waals surface area (Å²) < 4.78 is 33.6. The molecule has 10 nitrogen and oxygen atoms in total. The molecule has 0 amide bonds. The van der Waals surface area contributed by atoms with Gasteiger partial charge in [0.15, 0.2) is 18.1 Å². The monoisotopic (exact) mass is 549 g/mol. The van der Waals surface area contributed by atoms with Crippen molar-refractivity contribution in [3.63, 3.8) is 0 Å². The van der Waals surface area contributed by atoms with Crippen LogP contribution in [0, 0.1) is 0 Å². The van der Waals surface area contributed by atoms with Gasteiger partial charge < -0.3 is 33.5 Å². The van der Waals surface area contributed by atoms with E-state index in [1.165, 1.54) is 7.11 Å². The number of aliphatic carboxylic acids is 1. The summed E-state index contributed by atoms with van der Waals surface area (Å²) in [6.07, 6.45) is 0. The molecule has 0 aromatic heterocycles. The fourth-order valence-electron chi connectivity index (χ4n) is 5.27. The maximum atomic E-state index is 13.0. The van der Waals surface area contributed by atoms with E-state index in [4.69, 9.17) is 28.4 Å². The first kappa shape index (κ1) is 27.1. The lowest BCUT2D eigenvalue weighted by atomic mass is 9.94. The van der Waals surface area contributed by atoms with E-state index in [1.807, 2.05) is 54.3 Å². The summed E-state index contributed by atoms with van der Waals surface area (Å²) in [5.41, 5.74) is 3.41. The van der Waals surface area contributed by atoms with Crippen molar-refractivity contribution in [2.75, 3.05) is 40.3 Å². The number of carbonyl (C=O) groups is 2. The first-order valence-corrected chi connectivity index (χ1v) is 13.0. The third-order valence-electron chi connectivity index (χ3n) is 6.82. The van der Waals surface area contributed by atoms with E-state index >= 15 is 0 Å². The van der Waals surface area contributed by atoms with E-state index in [0.29, 0.717) is 40.9 Å². The second kappa shape index (κ2) is 11.7. The van der Waals surface area contributed by atoms with E-state index in [0.717, 1.165) is 16.7 Å². The summed E-state index contributed by atoms with van der Waals surface area (Å²) in [5, 5.41) is 9.34. The molecule has 3 aromatic carbocycles. The fraction of sp³-hybridized carbons (Fsp3) is 0.333. The number of hydrogen-bond donors (Lipinski definition) is 1. The van der Waals surface area contributed by atoms with Crippen molar-refractivity contribution in [3.05, 3.63) is 76.9 Å². The number of carboxylic acids is 1. The standard InChI is InChI=1S/C30H31NO9/c1-4-36-20-8-9-21-23(13-20)30(22-10-7-19(35-3)14-25(22)38-16-27(32)33)31(15-28(34)37-5-2)29(21)18-6-11-24-26(12-18)40-17-39-24/h6-14,29-30H,4-5,15-17H2,1-3H3,(H,32,33)/t29-,30-/m1/s1. The Labute approximate surface area is 231 Å². The lowest BCUT2D eigenvalue weighted by molar-refractivity contribution is -0.145. The highest BCUT2D eigenvalue weighted by Crippen LogP contribution is 2.52. The largest absolute Gasteiger partial charge is 0.497 e. The van der Waals surface area contributed by atoms with Gasteiger partial charge in [0, 0.05) is 11.6 Å². The smallest absolute Gasteiger partial charge is 0.341 e. The van der Waals surface area contributed by atoms with Crippen molar-refractivity contribution in [1.82, 2.24) is 4.90 Å². The Balaban J connectivity index is 1.70. The third-order valence-corrected chi connectivity index (χ3v) is 6.82. The van der Waals surface area contributed by atoms with Crippen LogP contribution in [-0.4, -0.2) is 62.2 Å². The maximum absolute atomic E-state index is 13.0. The fourth-order valence-corrected chi connectivity index (χ4v) is 5.27. The third kappa shape index (κ3) is 5.35. The molecule has 0 aliphatic carbocycles. The molecule has 0 saturated carbocycles. The van der Waals surface area contributed by atoms with Crippen LogP contribution in [0.15, 0.2) is 54.6 Å². The molecule has 0 spiro atoms. The zero-order valence-corrected chi connectivity index (χ0v) is 22.5. The summed E-state index contributed by atoms with van der Waals surface area (Å²) in [7, 11) is 1.53. The van der Waals surface area contributed by atoms with Gasteiger partial charge in [-0.25, -0.2) is 4.79 Å².